The Labute approximate surface area is 81.8 Å². The summed E-state index contributed by atoms with van der Waals surface area (Å²) in [5, 5.41) is 2.48. The number of carbonyl (C=O) groups is 1. The lowest BCUT2D eigenvalue weighted by Gasteiger charge is -2.03. The molecule has 0 aromatic heterocycles. The number of hydrogen-bond acceptors (Lipinski definition) is 1. The monoisotopic (exact) mass is 251 g/mol. The van der Waals surface area contributed by atoms with Gasteiger partial charge in [-0.2, -0.15) is 0 Å². The third-order valence-corrected chi connectivity index (χ3v) is 2.05. The van der Waals surface area contributed by atoms with E-state index in [1.54, 1.807) is 0 Å². The molecule has 0 radical (unpaired) electrons. The van der Waals surface area contributed by atoms with Gasteiger partial charge in [-0.15, -0.1) is 0 Å². The molecule has 1 amide bonds. The maximum absolute atomic E-state index is 13.0. The first kappa shape index (κ1) is 9.48. The lowest BCUT2D eigenvalue weighted by Crippen LogP contribution is -1.97. The van der Waals surface area contributed by atoms with Crippen LogP contribution in [0.15, 0.2) is 16.6 Å². The molecule has 1 aromatic rings. The summed E-state index contributed by atoms with van der Waals surface area (Å²) in [6.45, 7) is 0. The zero-order chi connectivity index (χ0) is 9.14. The summed E-state index contributed by atoms with van der Waals surface area (Å²) >= 11 is 8.59. The van der Waals surface area contributed by atoms with E-state index in [0.717, 1.165) is 6.07 Å². The molecular formula is C7H4BrClFNO. The number of carbonyl (C=O) groups excluding carboxylic acids is 1. The normalized spacial score (nSPS) is 9.58. The van der Waals surface area contributed by atoms with Crippen LogP contribution in [0.2, 0.25) is 5.02 Å². The number of amides is 1. The molecule has 5 heteroatoms. The van der Waals surface area contributed by atoms with Gasteiger partial charge in [0.25, 0.3) is 0 Å². The molecule has 2 nitrogen and oxygen atoms in total. The SMILES string of the molecule is O=CNc1c(F)cc(Cl)cc1Br. The third kappa shape index (κ3) is 1.95. The zero-order valence-electron chi connectivity index (χ0n) is 5.77. The molecule has 0 spiro atoms. The predicted octanol–water partition coefficient (Wildman–Crippen LogP) is 2.81. The van der Waals surface area contributed by atoms with Crippen molar-refractivity contribution in [3.8, 4) is 0 Å². The van der Waals surface area contributed by atoms with Crippen molar-refractivity contribution in [2.24, 2.45) is 0 Å². The number of hydrogen-bond donors (Lipinski definition) is 1. The van der Waals surface area contributed by atoms with Gasteiger partial charge >= 0.3 is 0 Å². The minimum absolute atomic E-state index is 0.0920. The average Bonchev–Trinajstić information content (AvgIpc) is 1.96. The van der Waals surface area contributed by atoms with E-state index in [0.29, 0.717) is 10.9 Å². The lowest BCUT2D eigenvalue weighted by molar-refractivity contribution is -0.105. The largest absolute Gasteiger partial charge is 0.325 e. The molecule has 0 atom stereocenters. The zero-order valence-corrected chi connectivity index (χ0v) is 8.12. The van der Waals surface area contributed by atoms with Crippen LogP contribution in [0.25, 0.3) is 0 Å². The molecule has 1 N–H and O–H groups in total. The van der Waals surface area contributed by atoms with Crippen molar-refractivity contribution in [3.05, 3.63) is 27.4 Å². The first-order valence-corrected chi connectivity index (χ1v) is 4.17. The smallest absolute Gasteiger partial charge is 0.211 e. The van der Waals surface area contributed by atoms with Crippen LogP contribution in [0.5, 0.6) is 0 Å². The Kier molecular flexibility index (Phi) is 3.05. The van der Waals surface area contributed by atoms with E-state index < -0.39 is 5.82 Å². The number of nitrogens with one attached hydrogen (secondary N) is 1. The summed E-state index contributed by atoms with van der Waals surface area (Å²) in [5.74, 6) is -0.568. The van der Waals surface area contributed by atoms with E-state index in [-0.39, 0.29) is 10.7 Å². The summed E-state index contributed by atoms with van der Waals surface area (Å²) in [6, 6.07) is 2.62. The quantitative estimate of drug-likeness (QED) is 0.806. The molecule has 0 saturated heterocycles. The highest BCUT2D eigenvalue weighted by molar-refractivity contribution is 9.10. The van der Waals surface area contributed by atoms with Crippen LogP contribution in [0.1, 0.15) is 0 Å². The van der Waals surface area contributed by atoms with Gasteiger partial charge in [0.05, 0.1) is 5.69 Å². The van der Waals surface area contributed by atoms with Crippen LogP contribution < -0.4 is 5.32 Å². The van der Waals surface area contributed by atoms with E-state index in [1.807, 2.05) is 0 Å². The maximum Gasteiger partial charge on any atom is 0.211 e. The fraction of sp³-hybridized carbons (Fsp3) is 0. The number of benzene rings is 1. The predicted molar refractivity (Wildman–Crippen MR) is 48.8 cm³/mol. The van der Waals surface area contributed by atoms with Gasteiger partial charge in [0.1, 0.15) is 5.82 Å². The molecule has 1 rings (SSSR count). The van der Waals surface area contributed by atoms with E-state index in [9.17, 15) is 9.18 Å². The van der Waals surface area contributed by atoms with Crippen LogP contribution in [0.3, 0.4) is 0 Å². The minimum atomic E-state index is -0.568. The third-order valence-electron chi connectivity index (χ3n) is 1.21. The molecule has 0 saturated carbocycles. The number of anilines is 1. The van der Waals surface area contributed by atoms with Crippen molar-refractivity contribution in [1.29, 1.82) is 0 Å². The maximum atomic E-state index is 13.0. The van der Waals surface area contributed by atoms with E-state index in [1.165, 1.54) is 6.07 Å². The first-order valence-electron chi connectivity index (χ1n) is 3.00. The van der Waals surface area contributed by atoms with Gasteiger partial charge < -0.3 is 5.32 Å². The standard InChI is InChI=1S/C7H4BrClFNO/c8-5-1-4(9)2-6(10)7(5)11-3-12/h1-3H,(H,11,12). The Morgan fingerprint density at radius 1 is 1.58 bits per heavy atom. The molecule has 12 heavy (non-hydrogen) atoms. The molecule has 0 bridgehead atoms. The van der Waals surface area contributed by atoms with E-state index in [4.69, 9.17) is 11.6 Å². The van der Waals surface area contributed by atoms with Gasteiger partial charge in [0, 0.05) is 9.50 Å². The molecular weight excluding hydrogens is 248 g/mol. The second-order valence-corrected chi connectivity index (χ2v) is 3.30. The second-order valence-electron chi connectivity index (χ2n) is 2.01. The van der Waals surface area contributed by atoms with Gasteiger partial charge in [0.15, 0.2) is 0 Å². The van der Waals surface area contributed by atoms with Crippen LogP contribution >= 0.6 is 27.5 Å². The van der Waals surface area contributed by atoms with Crippen molar-refractivity contribution < 1.29 is 9.18 Å². The van der Waals surface area contributed by atoms with Gasteiger partial charge in [-0.25, -0.2) is 4.39 Å². The Bertz CT molecular complexity index is 295. The van der Waals surface area contributed by atoms with Gasteiger partial charge in [-0.1, -0.05) is 11.6 Å². The van der Waals surface area contributed by atoms with Crippen molar-refractivity contribution in [1.82, 2.24) is 0 Å². The minimum Gasteiger partial charge on any atom is -0.325 e. The highest BCUT2D eigenvalue weighted by Gasteiger charge is 2.06. The summed E-state index contributed by atoms with van der Waals surface area (Å²) in [7, 11) is 0. The fourth-order valence-electron chi connectivity index (χ4n) is 0.739. The Hall–Kier alpha value is -0.610. The molecule has 0 fully saturated rings. The van der Waals surface area contributed by atoms with Crippen molar-refractivity contribution in [3.63, 3.8) is 0 Å². The molecule has 0 unspecified atom stereocenters. The molecule has 0 aliphatic rings. The van der Waals surface area contributed by atoms with Crippen molar-refractivity contribution in [2.45, 2.75) is 0 Å². The Balaban J connectivity index is 3.18. The second kappa shape index (κ2) is 3.87. The summed E-state index contributed by atoms with van der Waals surface area (Å²) in [5.41, 5.74) is 0.0920. The molecule has 64 valence electrons. The lowest BCUT2D eigenvalue weighted by atomic mass is 10.3. The van der Waals surface area contributed by atoms with Crippen molar-refractivity contribution >= 4 is 39.6 Å². The number of halogens is 3. The molecule has 0 aliphatic carbocycles. The molecule has 0 aliphatic heterocycles. The fourth-order valence-corrected chi connectivity index (χ4v) is 1.63. The summed E-state index contributed by atoms with van der Waals surface area (Å²) < 4.78 is 13.4. The highest BCUT2D eigenvalue weighted by atomic mass is 79.9. The molecule has 1 aromatic carbocycles. The van der Waals surface area contributed by atoms with Gasteiger partial charge in [-0.3, -0.25) is 4.79 Å². The van der Waals surface area contributed by atoms with Crippen molar-refractivity contribution in [2.75, 3.05) is 5.32 Å². The number of rotatable bonds is 2. The van der Waals surface area contributed by atoms with Gasteiger partial charge in [-0.05, 0) is 28.1 Å². The van der Waals surface area contributed by atoms with Crippen LogP contribution in [-0.2, 0) is 4.79 Å². The Morgan fingerprint density at radius 2 is 2.25 bits per heavy atom. The first-order chi connectivity index (χ1) is 5.65. The van der Waals surface area contributed by atoms with E-state index >= 15 is 0 Å². The average molecular weight is 252 g/mol. The highest BCUT2D eigenvalue weighted by Crippen LogP contribution is 2.28. The topological polar surface area (TPSA) is 29.1 Å². The van der Waals surface area contributed by atoms with Crippen LogP contribution in [-0.4, -0.2) is 6.41 Å². The van der Waals surface area contributed by atoms with E-state index in [2.05, 4.69) is 21.2 Å². The van der Waals surface area contributed by atoms with Crippen LogP contribution in [0.4, 0.5) is 10.1 Å². The Morgan fingerprint density at radius 3 is 2.75 bits per heavy atom. The van der Waals surface area contributed by atoms with Gasteiger partial charge in [0.2, 0.25) is 6.41 Å². The summed E-state index contributed by atoms with van der Waals surface area (Å²) in [4.78, 5) is 10.0. The van der Waals surface area contributed by atoms with Crippen LogP contribution in [0, 0.1) is 5.82 Å². The molecule has 0 heterocycles. The summed E-state index contributed by atoms with van der Waals surface area (Å²) in [6.07, 6.45) is 0.400.